The van der Waals surface area contributed by atoms with Gasteiger partial charge in [0.2, 0.25) is 5.91 Å². The van der Waals surface area contributed by atoms with Crippen molar-refractivity contribution < 1.29 is 24.2 Å². The van der Waals surface area contributed by atoms with Crippen molar-refractivity contribution in [1.29, 1.82) is 0 Å². The van der Waals surface area contributed by atoms with Crippen LogP contribution in [0.5, 0.6) is 0 Å². The summed E-state index contributed by atoms with van der Waals surface area (Å²) >= 11 is 3.27. The van der Waals surface area contributed by atoms with Gasteiger partial charge in [0.25, 0.3) is 0 Å². The molecule has 2 aliphatic rings. The summed E-state index contributed by atoms with van der Waals surface area (Å²) in [6, 6.07) is -0.595. The molecule has 0 aromatic rings. The summed E-state index contributed by atoms with van der Waals surface area (Å²) < 4.78 is 9.66. The van der Waals surface area contributed by atoms with E-state index in [0.717, 1.165) is 0 Å². The number of aliphatic hydroxyl groups is 1. The minimum Gasteiger partial charge on any atom is -0.393 e. The van der Waals surface area contributed by atoms with Gasteiger partial charge in [-0.3, -0.25) is 15.0 Å². The zero-order valence-corrected chi connectivity index (χ0v) is 12.1. The smallest absolute Gasteiger partial charge is 0.328 e. The first-order valence-corrected chi connectivity index (χ1v) is 6.51. The van der Waals surface area contributed by atoms with Crippen LogP contribution in [0.1, 0.15) is 6.92 Å². The molecule has 106 valence electrons. The van der Waals surface area contributed by atoms with E-state index in [2.05, 4.69) is 21.2 Å². The number of nitrogens with one attached hydrogen (secondary N) is 1. The van der Waals surface area contributed by atoms with Crippen LogP contribution in [-0.2, 0) is 14.3 Å². The first-order valence-electron chi connectivity index (χ1n) is 5.72. The maximum absolute atomic E-state index is 12.0. The van der Waals surface area contributed by atoms with Crippen molar-refractivity contribution in [3.05, 3.63) is 12.2 Å². The van der Waals surface area contributed by atoms with Crippen LogP contribution in [0.3, 0.4) is 0 Å². The third-order valence-corrected chi connectivity index (χ3v) is 3.85. The molecule has 0 aromatic carbocycles. The molecule has 2 unspecified atom stereocenters. The number of methoxy groups -OCH3 is 1. The molecular weight excluding hydrogens is 320 g/mol. The summed E-state index contributed by atoms with van der Waals surface area (Å²) in [6.45, 7) is 1.43. The predicted octanol–water partition coefficient (Wildman–Crippen LogP) is -0.0623. The Morgan fingerprint density at radius 3 is 2.79 bits per heavy atom. The summed E-state index contributed by atoms with van der Waals surface area (Å²) in [4.78, 5) is 25.0. The van der Waals surface area contributed by atoms with Gasteiger partial charge in [-0.25, -0.2) is 4.79 Å². The summed E-state index contributed by atoms with van der Waals surface area (Å²) in [6.07, 6.45) is 1.33. The molecule has 0 saturated carbocycles. The Morgan fingerprint density at radius 2 is 2.26 bits per heavy atom. The molecule has 2 rings (SSSR count). The highest BCUT2D eigenvalue weighted by Gasteiger charge is 2.52. The van der Waals surface area contributed by atoms with E-state index in [9.17, 15) is 9.59 Å². The Balaban J connectivity index is 2.25. The summed E-state index contributed by atoms with van der Waals surface area (Å²) in [5, 5.41) is 11.3. The van der Waals surface area contributed by atoms with Crippen LogP contribution in [0, 0.1) is 0 Å². The lowest BCUT2D eigenvalue weighted by Crippen LogP contribution is -2.69. The van der Waals surface area contributed by atoms with E-state index in [0.29, 0.717) is 0 Å². The maximum atomic E-state index is 12.0. The fraction of sp³-hybridized carbons (Fsp3) is 0.636. The molecule has 0 bridgehead atoms. The number of carbonyl (C=O) groups excluding carboxylic acids is 2. The van der Waals surface area contributed by atoms with Gasteiger partial charge >= 0.3 is 6.03 Å². The van der Waals surface area contributed by atoms with Crippen LogP contribution in [0.25, 0.3) is 0 Å². The molecule has 1 saturated heterocycles. The Morgan fingerprint density at radius 1 is 1.58 bits per heavy atom. The summed E-state index contributed by atoms with van der Waals surface area (Å²) in [7, 11) is 1.41. The summed E-state index contributed by atoms with van der Waals surface area (Å²) in [5.74, 6) is -0.471. The average Bonchev–Trinajstić information content (AvgIpc) is 2.81. The summed E-state index contributed by atoms with van der Waals surface area (Å²) in [5.41, 5.74) is 0. The molecule has 2 N–H and O–H groups in total. The minimum atomic E-state index is -1.08. The molecule has 7 nitrogen and oxygen atoms in total. The first-order chi connectivity index (χ1) is 8.91. The molecule has 0 radical (unpaired) electrons. The van der Waals surface area contributed by atoms with Crippen molar-refractivity contribution in [2.45, 2.75) is 29.8 Å². The lowest BCUT2D eigenvalue weighted by Gasteiger charge is -2.44. The molecule has 2 heterocycles. The number of alkyl halides is 1. The van der Waals surface area contributed by atoms with Crippen molar-refractivity contribution in [3.63, 3.8) is 0 Å². The van der Waals surface area contributed by atoms with Gasteiger partial charge in [-0.05, 0) is 13.0 Å². The highest BCUT2D eigenvalue weighted by molar-refractivity contribution is 9.10. The lowest BCUT2D eigenvalue weighted by atomic mass is 10.1. The van der Waals surface area contributed by atoms with Gasteiger partial charge < -0.3 is 14.6 Å². The SMILES string of the molecule is COC1N([C@H]2C=C[C@@H](CO)O2)C(=O)NC(=O)C1(C)Br. The second kappa shape index (κ2) is 5.20. The van der Waals surface area contributed by atoms with Crippen LogP contribution in [0.4, 0.5) is 4.79 Å². The third kappa shape index (κ3) is 2.40. The standard InChI is InChI=1S/C11H15BrN2O5/c1-11(12)8(16)13-10(17)14(9(11)18-2)7-4-3-6(5-15)19-7/h3-4,6-7,9,15H,5H2,1-2H3,(H,13,16,17)/t6-,7+,9?,11?/m0/s1. The molecule has 8 heteroatoms. The van der Waals surface area contributed by atoms with Gasteiger partial charge in [-0.1, -0.05) is 22.0 Å². The normalized spacial score (nSPS) is 38.7. The van der Waals surface area contributed by atoms with Crippen molar-refractivity contribution in [2.24, 2.45) is 0 Å². The number of imide groups is 1. The van der Waals surface area contributed by atoms with E-state index in [1.54, 1.807) is 19.1 Å². The quantitative estimate of drug-likeness (QED) is 0.557. The predicted molar refractivity (Wildman–Crippen MR) is 68.4 cm³/mol. The fourth-order valence-corrected chi connectivity index (χ4v) is 2.61. The molecule has 2 aliphatic heterocycles. The molecule has 1 fully saturated rings. The van der Waals surface area contributed by atoms with Crippen LogP contribution < -0.4 is 5.32 Å². The highest BCUT2D eigenvalue weighted by Crippen LogP contribution is 2.33. The second-order valence-corrected chi connectivity index (χ2v) is 6.11. The number of rotatable bonds is 3. The van der Waals surface area contributed by atoms with Crippen molar-refractivity contribution in [2.75, 3.05) is 13.7 Å². The molecule has 4 atom stereocenters. The Kier molecular flexibility index (Phi) is 3.95. The van der Waals surface area contributed by atoms with Gasteiger partial charge in [-0.2, -0.15) is 0 Å². The number of amides is 3. The maximum Gasteiger partial charge on any atom is 0.328 e. The average molecular weight is 335 g/mol. The number of carbonyl (C=O) groups is 2. The topological polar surface area (TPSA) is 88.1 Å². The van der Waals surface area contributed by atoms with E-state index >= 15 is 0 Å². The first kappa shape index (κ1) is 14.4. The fourth-order valence-electron chi connectivity index (χ4n) is 2.10. The molecule has 0 aromatic heterocycles. The Bertz CT molecular complexity index is 425. The van der Waals surface area contributed by atoms with Gasteiger partial charge in [0, 0.05) is 7.11 Å². The number of hydrogen-bond acceptors (Lipinski definition) is 5. The largest absolute Gasteiger partial charge is 0.393 e. The van der Waals surface area contributed by atoms with Gasteiger partial charge in [-0.15, -0.1) is 0 Å². The van der Waals surface area contributed by atoms with E-state index < -0.39 is 34.8 Å². The molecule has 19 heavy (non-hydrogen) atoms. The number of ether oxygens (including phenoxy) is 2. The van der Waals surface area contributed by atoms with Gasteiger partial charge in [0.05, 0.1) is 6.61 Å². The number of hydrogen-bond donors (Lipinski definition) is 2. The van der Waals surface area contributed by atoms with Gasteiger partial charge in [0.1, 0.15) is 10.4 Å². The van der Waals surface area contributed by atoms with E-state index in [-0.39, 0.29) is 6.61 Å². The van der Waals surface area contributed by atoms with Crippen molar-refractivity contribution in [1.82, 2.24) is 10.2 Å². The number of aliphatic hydroxyl groups excluding tert-OH is 1. The van der Waals surface area contributed by atoms with E-state index in [4.69, 9.17) is 14.6 Å². The van der Waals surface area contributed by atoms with E-state index in [1.165, 1.54) is 12.0 Å². The monoisotopic (exact) mass is 334 g/mol. The van der Waals surface area contributed by atoms with Crippen LogP contribution in [0.15, 0.2) is 12.2 Å². The van der Waals surface area contributed by atoms with Crippen molar-refractivity contribution in [3.8, 4) is 0 Å². The lowest BCUT2D eigenvalue weighted by molar-refractivity contribution is -0.149. The number of halogens is 1. The van der Waals surface area contributed by atoms with E-state index in [1.807, 2.05) is 0 Å². The number of nitrogens with zero attached hydrogens (tertiary/aromatic N) is 1. The minimum absolute atomic E-state index is 0.176. The molecule has 0 aliphatic carbocycles. The molecular formula is C11H15BrN2O5. The zero-order valence-electron chi connectivity index (χ0n) is 10.5. The molecule has 0 spiro atoms. The van der Waals surface area contributed by atoms with Crippen LogP contribution in [0.2, 0.25) is 0 Å². The third-order valence-electron chi connectivity index (χ3n) is 3.10. The number of urea groups is 1. The second-order valence-electron chi connectivity index (χ2n) is 4.46. The Labute approximate surface area is 118 Å². The van der Waals surface area contributed by atoms with Gasteiger partial charge in [0.15, 0.2) is 12.5 Å². The Hall–Kier alpha value is -0.960. The van der Waals surface area contributed by atoms with Crippen LogP contribution in [-0.4, -0.2) is 58.5 Å². The highest BCUT2D eigenvalue weighted by atomic mass is 79.9. The zero-order chi connectivity index (χ0) is 14.2. The van der Waals surface area contributed by atoms with Crippen molar-refractivity contribution >= 4 is 27.9 Å². The molecule has 3 amide bonds. The van der Waals surface area contributed by atoms with Crippen LogP contribution >= 0.6 is 15.9 Å².